The molecule has 0 saturated heterocycles. The van der Waals surface area contributed by atoms with E-state index in [1.807, 2.05) is 0 Å². The van der Waals surface area contributed by atoms with Gasteiger partial charge in [-0.05, 0) is 37.5 Å². The van der Waals surface area contributed by atoms with Crippen molar-refractivity contribution >= 4 is 0 Å². The quantitative estimate of drug-likeness (QED) is 0.449. The molecule has 0 aromatic heterocycles. The van der Waals surface area contributed by atoms with Gasteiger partial charge >= 0.3 is 0 Å². The van der Waals surface area contributed by atoms with Crippen LogP contribution in [0.2, 0.25) is 0 Å². The highest BCUT2D eigenvalue weighted by atomic mass is 14.5. The van der Waals surface area contributed by atoms with Crippen LogP contribution < -0.4 is 0 Å². The number of fused-ring (bicyclic) bond motifs is 1. The molecule has 0 N–H and O–H groups in total. The van der Waals surface area contributed by atoms with Crippen molar-refractivity contribution in [2.24, 2.45) is 11.3 Å². The molecule has 2 atom stereocenters. The SMILES string of the molecule is CC1=CC[C@@H]2CCC[C@]12C. The Hall–Kier alpha value is -0.260. The first kappa shape index (κ1) is 6.45. The Morgan fingerprint density at radius 1 is 1.60 bits per heavy atom. The maximum atomic E-state index is 2.45. The van der Waals surface area contributed by atoms with Crippen molar-refractivity contribution in [1.29, 1.82) is 0 Å². The van der Waals surface area contributed by atoms with Crippen molar-refractivity contribution in [2.45, 2.75) is 39.5 Å². The Kier molecular flexibility index (Phi) is 1.21. The van der Waals surface area contributed by atoms with E-state index in [1.165, 1.54) is 25.7 Å². The highest BCUT2D eigenvalue weighted by molar-refractivity contribution is 5.21. The van der Waals surface area contributed by atoms with Crippen LogP contribution in [0.4, 0.5) is 0 Å². The molecule has 1 fully saturated rings. The summed E-state index contributed by atoms with van der Waals surface area (Å²) in [6.07, 6.45) is 8.20. The highest BCUT2D eigenvalue weighted by Gasteiger charge is 2.42. The minimum Gasteiger partial charge on any atom is -0.0847 e. The Bertz CT molecular complexity index is 178. The summed E-state index contributed by atoms with van der Waals surface area (Å²) in [6.45, 7) is 4.76. The normalized spacial score (nSPS) is 45.4. The Labute approximate surface area is 63.3 Å². The first-order valence-corrected chi connectivity index (χ1v) is 4.41. The van der Waals surface area contributed by atoms with Crippen LogP contribution in [-0.2, 0) is 0 Å². The van der Waals surface area contributed by atoms with E-state index in [0.29, 0.717) is 5.41 Å². The third kappa shape index (κ3) is 0.624. The molecule has 56 valence electrons. The van der Waals surface area contributed by atoms with Crippen LogP contribution in [-0.4, -0.2) is 0 Å². The zero-order valence-corrected chi connectivity index (χ0v) is 6.98. The molecule has 0 unspecified atom stereocenters. The standard InChI is InChI=1S/C10H16/c1-8-5-6-9-4-3-7-10(8,9)2/h5,9H,3-4,6-7H2,1-2H3/t9-,10+/m0/s1. The molecule has 0 amide bonds. The summed E-state index contributed by atoms with van der Waals surface area (Å²) in [7, 11) is 0. The Morgan fingerprint density at radius 2 is 2.40 bits per heavy atom. The Balaban J connectivity index is 2.31. The fraction of sp³-hybridized carbons (Fsp3) is 0.800. The summed E-state index contributed by atoms with van der Waals surface area (Å²) in [5.41, 5.74) is 2.29. The van der Waals surface area contributed by atoms with Crippen molar-refractivity contribution in [3.8, 4) is 0 Å². The van der Waals surface area contributed by atoms with Crippen LogP contribution in [0.25, 0.3) is 0 Å². The molecule has 1 saturated carbocycles. The zero-order valence-electron chi connectivity index (χ0n) is 6.98. The second-order valence-corrected chi connectivity index (χ2v) is 4.13. The van der Waals surface area contributed by atoms with Gasteiger partial charge in [-0.3, -0.25) is 0 Å². The third-order valence-electron chi connectivity index (χ3n) is 3.76. The molecule has 0 nitrogen and oxygen atoms in total. The summed E-state index contributed by atoms with van der Waals surface area (Å²) in [5.74, 6) is 1.01. The lowest BCUT2D eigenvalue weighted by molar-refractivity contribution is 0.315. The van der Waals surface area contributed by atoms with Crippen molar-refractivity contribution in [2.75, 3.05) is 0 Å². The molecule has 0 spiro atoms. The van der Waals surface area contributed by atoms with Crippen LogP contribution >= 0.6 is 0 Å². The van der Waals surface area contributed by atoms with E-state index >= 15 is 0 Å². The molecule has 2 aliphatic carbocycles. The molecule has 0 heteroatoms. The van der Waals surface area contributed by atoms with Crippen LogP contribution in [0.5, 0.6) is 0 Å². The molecular weight excluding hydrogens is 120 g/mol. The summed E-state index contributed by atoms with van der Waals surface area (Å²) < 4.78 is 0. The summed E-state index contributed by atoms with van der Waals surface area (Å²) in [4.78, 5) is 0. The molecule has 10 heavy (non-hydrogen) atoms. The molecule has 0 bridgehead atoms. The number of hydrogen-bond donors (Lipinski definition) is 0. The van der Waals surface area contributed by atoms with E-state index in [9.17, 15) is 0 Å². The monoisotopic (exact) mass is 136 g/mol. The predicted octanol–water partition coefficient (Wildman–Crippen LogP) is 3.14. The van der Waals surface area contributed by atoms with Gasteiger partial charge in [0.05, 0.1) is 0 Å². The average Bonchev–Trinajstić information content (AvgIpc) is 2.36. The average molecular weight is 136 g/mol. The first-order valence-electron chi connectivity index (χ1n) is 4.41. The molecule has 0 radical (unpaired) electrons. The Morgan fingerprint density at radius 3 is 3.10 bits per heavy atom. The molecule has 0 aliphatic heterocycles. The molecule has 2 rings (SSSR count). The van der Waals surface area contributed by atoms with E-state index in [1.54, 1.807) is 5.57 Å². The predicted molar refractivity (Wildman–Crippen MR) is 43.8 cm³/mol. The van der Waals surface area contributed by atoms with Crippen molar-refractivity contribution in [1.82, 2.24) is 0 Å². The van der Waals surface area contributed by atoms with Crippen LogP contribution in [0.1, 0.15) is 39.5 Å². The minimum atomic E-state index is 0.625. The van der Waals surface area contributed by atoms with E-state index in [-0.39, 0.29) is 0 Å². The van der Waals surface area contributed by atoms with Gasteiger partial charge in [-0.25, -0.2) is 0 Å². The largest absolute Gasteiger partial charge is 0.0847 e. The zero-order chi connectivity index (χ0) is 7.19. The molecule has 0 aromatic carbocycles. The molecule has 0 aromatic rings. The second kappa shape index (κ2) is 1.87. The van der Waals surface area contributed by atoms with Gasteiger partial charge in [-0.1, -0.05) is 25.0 Å². The number of allylic oxidation sites excluding steroid dienone is 2. The fourth-order valence-corrected chi connectivity index (χ4v) is 2.69. The number of hydrogen-bond acceptors (Lipinski definition) is 0. The van der Waals surface area contributed by atoms with Gasteiger partial charge in [0.25, 0.3) is 0 Å². The van der Waals surface area contributed by atoms with Crippen molar-refractivity contribution in [3.05, 3.63) is 11.6 Å². The van der Waals surface area contributed by atoms with Gasteiger partial charge in [-0.15, -0.1) is 0 Å². The van der Waals surface area contributed by atoms with Crippen LogP contribution in [0.15, 0.2) is 11.6 Å². The summed E-state index contributed by atoms with van der Waals surface area (Å²) in [6, 6.07) is 0. The van der Waals surface area contributed by atoms with Gasteiger partial charge in [0.1, 0.15) is 0 Å². The van der Waals surface area contributed by atoms with Gasteiger partial charge in [0.15, 0.2) is 0 Å². The van der Waals surface area contributed by atoms with Crippen LogP contribution in [0.3, 0.4) is 0 Å². The van der Waals surface area contributed by atoms with Gasteiger partial charge in [0.2, 0.25) is 0 Å². The van der Waals surface area contributed by atoms with Gasteiger partial charge < -0.3 is 0 Å². The van der Waals surface area contributed by atoms with E-state index in [4.69, 9.17) is 0 Å². The third-order valence-corrected chi connectivity index (χ3v) is 3.76. The second-order valence-electron chi connectivity index (χ2n) is 4.13. The lowest BCUT2D eigenvalue weighted by Gasteiger charge is -2.26. The summed E-state index contributed by atoms with van der Waals surface area (Å²) in [5, 5.41) is 0. The highest BCUT2D eigenvalue weighted by Crippen LogP contribution is 2.53. The van der Waals surface area contributed by atoms with Gasteiger partial charge in [0, 0.05) is 0 Å². The summed E-state index contributed by atoms with van der Waals surface area (Å²) >= 11 is 0. The van der Waals surface area contributed by atoms with Crippen LogP contribution in [0, 0.1) is 11.3 Å². The maximum Gasteiger partial charge on any atom is -0.00880 e. The smallest absolute Gasteiger partial charge is 0.00880 e. The van der Waals surface area contributed by atoms with E-state index < -0.39 is 0 Å². The lowest BCUT2D eigenvalue weighted by Crippen LogP contribution is -2.17. The fourth-order valence-electron chi connectivity index (χ4n) is 2.69. The van der Waals surface area contributed by atoms with E-state index in [2.05, 4.69) is 19.9 Å². The minimum absolute atomic E-state index is 0.625. The van der Waals surface area contributed by atoms with Crippen molar-refractivity contribution < 1.29 is 0 Å². The molecular formula is C10H16. The number of rotatable bonds is 0. The first-order chi connectivity index (χ1) is 4.73. The van der Waals surface area contributed by atoms with Gasteiger partial charge in [-0.2, -0.15) is 0 Å². The van der Waals surface area contributed by atoms with Crippen molar-refractivity contribution in [3.63, 3.8) is 0 Å². The topological polar surface area (TPSA) is 0 Å². The lowest BCUT2D eigenvalue weighted by atomic mass is 9.79. The van der Waals surface area contributed by atoms with E-state index in [0.717, 1.165) is 5.92 Å². The molecule has 2 aliphatic rings. The maximum absolute atomic E-state index is 2.45. The molecule has 0 heterocycles.